The highest BCUT2D eigenvalue weighted by Gasteiger charge is 2.21. The molecule has 30 heavy (non-hydrogen) atoms. The summed E-state index contributed by atoms with van der Waals surface area (Å²) in [4.78, 5) is 35.6. The van der Waals surface area contributed by atoms with Gasteiger partial charge in [0.05, 0.1) is 22.9 Å². The van der Waals surface area contributed by atoms with Gasteiger partial charge in [-0.25, -0.2) is 9.97 Å². The van der Waals surface area contributed by atoms with Crippen molar-refractivity contribution in [2.45, 2.75) is 38.1 Å². The van der Waals surface area contributed by atoms with Crippen molar-refractivity contribution in [3.63, 3.8) is 0 Å². The van der Waals surface area contributed by atoms with Crippen molar-refractivity contribution in [2.75, 3.05) is 5.32 Å². The number of benzene rings is 1. The monoisotopic (exact) mass is 438 g/mol. The number of thiophene rings is 1. The molecule has 1 N–H and O–H groups in total. The van der Waals surface area contributed by atoms with Gasteiger partial charge >= 0.3 is 0 Å². The lowest BCUT2D eigenvalue weighted by molar-refractivity contribution is 0.102. The lowest BCUT2D eigenvalue weighted by atomic mass is 9.95. The number of aromatic nitrogens is 3. The van der Waals surface area contributed by atoms with Gasteiger partial charge in [-0.05, 0) is 43.2 Å². The third kappa shape index (κ3) is 3.38. The zero-order valence-electron chi connectivity index (χ0n) is 16.1. The number of pyridine rings is 1. The number of hydrogen-bond acceptors (Lipinski definition) is 5. The number of amides is 1. The van der Waals surface area contributed by atoms with Crippen molar-refractivity contribution in [1.82, 2.24) is 14.5 Å². The summed E-state index contributed by atoms with van der Waals surface area (Å²) in [5.41, 5.74) is 1.65. The van der Waals surface area contributed by atoms with Crippen LogP contribution in [0.1, 0.15) is 48.5 Å². The lowest BCUT2D eigenvalue weighted by Gasteiger charge is -2.23. The summed E-state index contributed by atoms with van der Waals surface area (Å²) in [5, 5.41) is 4.20. The van der Waals surface area contributed by atoms with Gasteiger partial charge in [0, 0.05) is 22.8 Å². The molecule has 1 fully saturated rings. The molecule has 152 valence electrons. The van der Waals surface area contributed by atoms with E-state index < -0.39 is 0 Å². The van der Waals surface area contributed by atoms with Crippen LogP contribution in [0.3, 0.4) is 0 Å². The standard InChI is InChI=1S/C22H19ClN4O2S/c23-14-8-6-13(7-9-14)20(28)26-16-10-11-24-21-17(16)18-19(30-21)22(29)27(12-25-18)15-4-2-1-3-5-15/h6-12,15H,1-5H2,(H,24,26,28). The van der Waals surface area contributed by atoms with Gasteiger partial charge in [0.15, 0.2) is 0 Å². The van der Waals surface area contributed by atoms with Crippen LogP contribution in [0.4, 0.5) is 5.69 Å². The molecule has 0 radical (unpaired) electrons. The SMILES string of the molecule is O=C(Nc1ccnc2sc3c(=O)n(C4CCCCC4)cnc3c12)c1ccc(Cl)cc1. The van der Waals surface area contributed by atoms with E-state index in [9.17, 15) is 9.59 Å². The van der Waals surface area contributed by atoms with E-state index in [1.54, 1.807) is 47.4 Å². The maximum absolute atomic E-state index is 13.2. The molecular formula is C22H19ClN4O2S. The Morgan fingerprint density at radius 2 is 1.87 bits per heavy atom. The highest BCUT2D eigenvalue weighted by atomic mass is 35.5. The second-order valence-electron chi connectivity index (χ2n) is 7.53. The number of carbonyl (C=O) groups is 1. The van der Waals surface area contributed by atoms with Crippen LogP contribution in [0.25, 0.3) is 20.4 Å². The zero-order chi connectivity index (χ0) is 20.7. The minimum Gasteiger partial charge on any atom is -0.321 e. The summed E-state index contributed by atoms with van der Waals surface area (Å²) in [7, 11) is 0. The third-order valence-corrected chi connectivity index (χ3v) is 6.96. The van der Waals surface area contributed by atoms with Crippen LogP contribution in [-0.4, -0.2) is 20.4 Å². The molecular weight excluding hydrogens is 420 g/mol. The van der Waals surface area contributed by atoms with Crippen molar-refractivity contribution in [3.8, 4) is 0 Å². The first-order chi connectivity index (χ1) is 14.6. The number of nitrogens with one attached hydrogen (secondary N) is 1. The summed E-state index contributed by atoms with van der Waals surface area (Å²) in [5.74, 6) is -0.255. The van der Waals surface area contributed by atoms with Crippen LogP contribution < -0.4 is 10.9 Å². The van der Waals surface area contributed by atoms with Crippen molar-refractivity contribution < 1.29 is 4.79 Å². The van der Waals surface area contributed by atoms with Gasteiger partial charge in [-0.1, -0.05) is 30.9 Å². The molecule has 1 aliphatic rings. The molecule has 0 bridgehead atoms. The average molecular weight is 439 g/mol. The van der Waals surface area contributed by atoms with Crippen molar-refractivity contribution in [2.24, 2.45) is 0 Å². The molecule has 0 aliphatic heterocycles. The normalized spacial score (nSPS) is 15.0. The van der Waals surface area contributed by atoms with E-state index in [2.05, 4.69) is 15.3 Å². The van der Waals surface area contributed by atoms with Gasteiger partial charge in [0.2, 0.25) is 0 Å². The number of hydrogen-bond donors (Lipinski definition) is 1. The van der Waals surface area contributed by atoms with Crippen molar-refractivity contribution in [3.05, 3.63) is 63.8 Å². The van der Waals surface area contributed by atoms with E-state index in [0.717, 1.165) is 25.7 Å². The zero-order valence-corrected chi connectivity index (χ0v) is 17.7. The topological polar surface area (TPSA) is 76.9 Å². The Morgan fingerprint density at radius 1 is 1.10 bits per heavy atom. The van der Waals surface area contributed by atoms with E-state index >= 15 is 0 Å². The molecule has 1 aliphatic carbocycles. The fourth-order valence-corrected chi connectivity index (χ4v) is 5.27. The highest BCUT2D eigenvalue weighted by Crippen LogP contribution is 2.35. The Kier molecular flexibility index (Phi) is 5.00. The van der Waals surface area contributed by atoms with Gasteiger partial charge in [-0.3, -0.25) is 14.2 Å². The van der Waals surface area contributed by atoms with E-state index in [1.807, 2.05) is 0 Å². The van der Waals surface area contributed by atoms with Crippen LogP contribution in [0.15, 0.2) is 47.7 Å². The molecule has 4 aromatic rings. The van der Waals surface area contributed by atoms with Gasteiger partial charge in [-0.2, -0.15) is 0 Å². The van der Waals surface area contributed by atoms with Crippen molar-refractivity contribution >= 4 is 55.0 Å². The molecule has 6 nitrogen and oxygen atoms in total. The number of carbonyl (C=O) groups excluding carboxylic acids is 1. The minimum atomic E-state index is -0.255. The van der Waals surface area contributed by atoms with Crippen LogP contribution in [-0.2, 0) is 0 Å². The predicted octanol–water partition coefficient (Wildman–Crippen LogP) is 5.42. The van der Waals surface area contributed by atoms with Gasteiger partial charge in [0.25, 0.3) is 11.5 Å². The van der Waals surface area contributed by atoms with E-state index in [-0.39, 0.29) is 17.5 Å². The maximum Gasteiger partial charge on any atom is 0.271 e. The van der Waals surface area contributed by atoms with Crippen LogP contribution >= 0.6 is 22.9 Å². The molecule has 0 unspecified atom stereocenters. The first kappa shape index (κ1) is 19.2. The number of fused-ring (bicyclic) bond motifs is 3. The number of rotatable bonds is 3. The molecule has 8 heteroatoms. The van der Waals surface area contributed by atoms with E-state index in [1.165, 1.54) is 17.8 Å². The quantitative estimate of drug-likeness (QED) is 0.463. The Morgan fingerprint density at radius 3 is 2.63 bits per heavy atom. The molecule has 1 aromatic carbocycles. The van der Waals surface area contributed by atoms with Gasteiger partial charge < -0.3 is 5.32 Å². The predicted molar refractivity (Wildman–Crippen MR) is 121 cm³/mol. The van der Waals surface area contributed by atoms with Crippen LogP contribution in [0.2, 0.25) is 5.02 Å². The molecule has 5 rings (SSSR count). The molecule has 3 heterocycles. The molecule has 0 spiro atoms. The van der Waals surface area contributed by atoms with Crippen LogP contribution in [0.5, 0.6) is 0 Å². The molecule has 1 amide bonds. The summed E-state index contributed by atoms with van der Waals surface area (Å²) in [6, 6.07) is 8.63. The third-order valence-electron chi connectivity index (χ3n) is 5.63. The fraction of sp³-hybridized carbons (Fsp3) is 0.273. The molecule has 0 atom stereocenters. The van der Waals surface area contributed by atoms with Gasteiger partial charge in [-0.15, -0.1) is 11.3 Å². The second kappa shape index (κ2) is 7.81. The fourth-order valence-electron chi connectivity index (χ4n) is 4.08. The largest absolute Gasteiger partial charge is 0.321 e. The Bertz CT molecular complexity index is 1310. The number of nitrogens with zero attached hydrogens (tertiary/aromatic N) is 3. The molecule has 1 saturated carbocycles. The molecule has 3 aromatic heterocycles. The summed E-state index contributed by atoms with van der Waals surface area (Å²) in [6.45, 7) is 0. The van der Waals surface area contributed by atoms with Crippen LogP contribution in [0, 0.1) is 0 Å². The van der Waals surface area contributed by atoms with Crippen molar-refractivity contribution in [1.29, 1.82) is 0 Å². The first-order valence-corrected chi connectivity index (χ1v) is 11.2. The number of halogens is 1. The van der Waals surface area contributed by atoms with Gasteiger partial charge in [0.1, 0.15) is 9.53 Å². The second-order valence-corrected chi connectivity index (χ2v) is 8.96. The first-order valence-electron chi connectivity index (χ1n) is 9.97. The highest BCUT2D eigenvalue weighted by molar-refractivity contribution is 7.25. The maximum atomic E-state index is 13.2. The Labute approximate surface area is 181 Å². The summed E-state index contributed by atoms with van der Waals surface area (Å²) in [6.07, 6.45) is 8.83. The summed E-state index contributed by atoms with van der Waals surface area (Å²) >= 11 is 7.24. The summed E-state index contributed by atoms with van der Waals surface area (Å²) < 4.78 is 2.36. The van der Waals surface area contributed by atoms with E-state index in [0.29, 0.717) is 36.7 Å². The lowest BCUT2D eigenvalue weighted by Crippen LogP contribution is -2.26. The number of anilines is 1. The Hall–Kier alpha value is -2.77. The Balaban J connectivity index is 1.57. The van der Waals surface area contributed by atoms with E-state index in [4.69, 9.17) is 11.6 Å². The minimum absolute atomic E-state index is 0.0233. The smallest absolute Gasteiger partial charge is 0.271 e. The molecule has 0 saturated heterocycles. The average Bonchev–Trinajstić information content (AvgIpc) is 3.16.